The predicted molar refractivity (Wildman–Crippen MR) is 108 cm³/mol. The molecule has 28 heavy (non-hydrogen) atoms. The highest BCUT2D eigenvalue weighted by Gasteiger charge is 2.31. The molecule has 1 N–H and O–H groups in total. The molecule has 3 nitrogen and oxygen atoms in total. The number of furan rings is 1. The Balaban J connectivity index is 1.77. The second-order valence-corrected chi connectivity index (χ2v) is 7.53. The van der Waals surface area contributed by atoms with Crippen LogP contribution in [0.3, 0.4) is 0 Å². The maximum atomic E-state index is 13.0. The molecule has 1 atom stereocenters. The fourth-order valence-corrected chi connectivity index (χ4v) is 3.55. The van der Waals surface area contributed by atoms with Gasteiger partial charge >= 0.3 is 6.18 Å². The fourth-order valence-electron chi connectivity index (χ4n) is 3.14. The van der Waals surface area contributed by atoms with Gasteiger partial charge in [0.15, 0.2) is 5.11 Å². The van der Waals surface area contributed by atoms with Gasteiger partial charge in [0.25, 0.3) is 0 Å². The van der Waals surface area contributed by atoms with Gasteiger partial charge in [0.2, 0.25) is 0 Å². The van der Waals surface area contributed by atoms with E-state index >= 15 is 0 Å². The van der Waals surface area contributed by atoms with E-state index in [1.165, 1.54) is 6.07 Å². The first kappa shape index (κ1) is 20.7. The van der Waals surface area contributed by atoms with Crippen molar-refractivity contribution in [2.24, 2.45) is 5.92 Å². The zero-order valence-corrected chi connectivity index (χ0v) is 16.6. The zero-order chi connectivity index (χ0) is 20.1. The number of nitrogens with one attached hydrogen (secondary N) is 1. The van der Waals surface area contributed by atoms with Crippen molar-refractivity contribution < 1.29 is 17.6 Å². The van der Waals surface area contributed by atoms with Crippen molar-refractivity contribution in [3.05, 3.63) is 65.1 Å². The average Bonchev–Trinajstić information content (AvgIpc) is 3.16. The summed E-state index contributed by atoms with van der Waals surface area (Å²) in [6.45, 7) is 1.10. The highest BCUT2D eigenvalue weighted by molar-refractivity contribution is 7.80. The van der Waals surface area contributed by atoms with Gasteiger partial charge in [0, 0.05) is 6.54 Å². The third-order valence-electron chi connectivity index (χ3n) is 4.61. The molecule has 1 aromatic carbocycles. The summed E-state index contributed by atoms with van der Waals surface area (Å²) in [6, 6.07) is 6.78. The quantitative estimate of drug-likeness (QED) is 0.434. The van der Waals surface area contributed by atoms with Crippen molar-refractivity contribution >= 4 is 34.6 Å². The van der Waals surface area contributed by atoms with E-state index < -0.39 is 11.7 Å². The Kier molecular flexibility index (Phi) is 6.67. The summed E-state index contributed by atoms with van der Waals surface area (Å²) < 4.78 is 44.5. The van der Waals surface area contributed by atoms with Gasteiger partial charge < -0.3 is 14.6 Å². The molecule has 1 aliphatic carbocycles. The Bertz CT molecular complexity index is 836. The molecule has 0 saturated carbocycles. The molecule has 0 fully saturated rings. The van der Waals surface area contributed by atoms with Gasteiger partial charge in [-0.1, -0.05) is 23.8 Å². The Hall–Kier alpha value is -1.99. The number of anilines is 1. The summed E-state index contributed by atoms with van der Waals surface area (Å²) in [4.78, 5) is 1.91. The number of nitrogens with zero attached hydrogens (tertiary/aromatic N) is 1. The highest BCUT2D eigenvalue weighted by Crippen LogP contribution is 2.34. The van der Waals surface area contributed by atoms with Crippen LogP contribution in [0, 0.1) is 5.92 Å². The van der Waals surface area contributed by atoms with Crippen LogP contribution in [0.5, 0.6) is 0 Å². The average molecular weight is 429 g/mol. The Morgan fingerprint density at radius 2 is 2.11 bits per heavy atom. The molecule has 150 valence electrons. The number of rotatable bonds is 5. The van der Waals surface area contributed by atoms with Gasteiger partial charge in [0.1, 0.15) is 5.76 Å². The Morgan fingerprint density at radius 1 is 1.29 bits per heavy atom. The molecule has 3 rings (SSSR count). The molecule has 1 unspecified atom stereocenters. The molecule has 0 aliphatic heterocycles. The second kappa shape index (κ2) is 9.01. The van der Waals surface area contributed by atoms with Gasteiger partial charge in [0.05, 0.1) is 29.1 Å². The van der Waals surface area contributed by atoms with E-state index in [1.807, 2.05) is 11.0 Å². The lowest BCUT2D eigenvalue weighted by Gasteiger charge is -2.30. The van der Waals surface area contributed by atoms with Crippen molar-refractivity contribution in [2.45, 2.75) is 32.0 Å². The van der Waals surface area contributed by atoms with Crippen LogP contribution in [0.25, 0.3) is 0 Å². The topological polar surface area (TPSA) is 28.4 Å². The van der Waals surface area contributed by atoms with Crippen molar-refractivity contribution in [3.8, 4) is 0 Å². The van der Waals surface area contributed by atoms with E-state index in [2.05, 4.69) is 17.5 Å². The van der Waals surface area contributed by atoms with Gasteiger partial charge in [-0.2, -0.15) is 13.2 Å². The SMILES string of the molecule is FC(F)(F)c1ccc(Cl)c(NC(=S)N(Cc2ccco2)CC2CC=CCC2)c1. The van der Waals surface area contributed by atoms with Crippen LogP contribution in [0.4, 0.5) is 18.9 Å². The molecule has 1 heterocycles. The summed E-state index contributed by atoms with van der Waals surface area (Å²) in [5.74, 6) is 1.14. The minimum Gasteiger partial charge on any atom is -0.467 e. The molecule has 0 bridgehead atoms. The zero-order valence-electron chi connectivity index (χ0n) is 15.0. The standard InChI is InChI=1S/C20H20ClF3N2OS/c21-17-9-8-15(20(22,23)24)11-18(17)25-19(28)26(13-16-7-4-10-27-16)12-14-5-2-1-3-6-14/h1-2,4,7-11,14H,3,5-6,12-13H2,(H,25,28). The summed E-state index contributed by atoms with van der Waals surface area (Å²) in [7, 11) is 0. The first-order valence-electron chi connectivity index (χ1n) is 8.93. The molecular formula is C20H20ClF3N2OS. The first-order chi connectivity index (χ1) is 13.3. The van der Waals surface area contributed by atoms with Crippen LogP contribution in [0.1, 0.15) is 30.6 Å². The van der Waals surface area contributed by atoms with Crippen LogP contribution in [0.15, 0.2) is 53.2 Å². The highest BCUT2D eigenvalue weighted by atomic mass is 35.5. The van der Waals surface area contributed by atoms with E-state index in [0.29, 0.717) is 24.1 Å². The lowest BCUT2D eigenvalue weighted by molar-refractivity contribution is -0.137. The molecule has 0 saturated heterocycles. The predicted octanol–water partition coefficient (Wildman–Crippen LogP) is 6.51. The van der Waals surface area contributed by atoms with E-state index in [0.717, 1.165) is 37.2 Å². The fraction of sp³-hybridized carbons (Fsp3) is 0.350. The number of alkyl halides is 3. The minimum absolute atomic E-state index is 0.134. The maximum absolute atomic E-state index is 13.0. The summed E-state index contributed by atoms with van der Waals surface area (Å²) in [6.07, 6.45) is 4.44. The normalized spacial score (nSPS) is 16.8. The van der Waals surface area contributed by atoms with Crippen molar-refractivity contribution in [1.82, 2.24) is 4.90 Å². The number of thiocarbonyl (C=S) groups is 1. The first-order valence-corrected chi connectivity index (χ1v) is 9.71. The molecule has 0 spiro atoms. The molecule has 8 heteroatoms. The van der Waals surface area contributed by atoms with Gasteiger partial charge in [-0.3, -0.25) is 0 Å². The molecule has 0 radical (unpaired) electrons. The minimum atomic E-state index is -4.45. The monoisotopic (exact) mass is 428 g/mol. The van der Waals surface area contributed by atoms with Gasteiger partial charge in [-0.05, 0) is 67.7 Å². The van der Waals surface area contributed by atoms with Crippen molar-refractivity contribution in [2.75, 3.05) is 11.9 Å². The Labute approximate surface area is 172 Å². The Morgan fingerprint density at radius 3 is 2.75 bits per heavy atom. The van der Waals surface area contributed by atoms with Gasteiger partial charge in [-0.15, -0.1) is 0 Å². The number of allylic oxidation sites excluding steroid dienone is 2. The van der Waals surface area contributed by atoms with E-state index in [-0.39, 0.29) is 10.7 Å². The number of hydrogen-bond donors (Lipinski definition) is 1. The van der Waals surface area contributed by atoms with Crippen LogP contribution in [0.2, 0.25) is 5.02 Å². The van der Waals surface area contributed by atoms with Crippen LogP contribution >= 0.6 is 23.8 Å². The van der Waals surface area contributed by atoms with Gasteiger partial charge in [-0.25, -0.2) is 0 Å². The third-order valence-corrected chi connectivity index (χ3v) is 5.30. The second-order valence-electron chi connectivity index (χ2n) is 6.73. The van der Waals surface area contributed by atoms with Crippen molar-refractivity contribution in [3.63, 3.8) is 0 Å². The summed E-state index contributed by atoms with van der Waals surface area (Å²) in [5.41, 5.74) is -0.647. The van der Waals surface area contributed by atoms with Crippen LogP contribution < -0.4 is 5.32 Å². The largest absolute Gasteiger partial charge is 0.467 e. The van der Waals surface area contributed by atoms with E-state index in [9.17, 15) is 13.2 Å². The van der Waals surface area contributed by atoms with E-state index in [1.54, 1.807) is 12.3 Å². The maximum Gasteiger partial charge on any atom is 0.416 e. The lowest BCUT2D eigenvalue weighted by atomic mass is 9.94. The number of benzene rings is 1. The third kappa shape index (κ3) is 5.52. The molecular weight excluding hydrogens is 409 g/mol. The van der Waals surface area contributed by atoms with E-state index in [4.69, 9.17) is 28.2 Å². The lowest BCUT2D eigenvalue weighted by Crippen LogP contribution is -2.38. The number of halogens is 4. The smallest absolute Gasteiger partial charge is 0.416 e. The van der Waals surface area contributed by atoms with Crippen LogP contribution in [-0.4, -0.2) is 16.6 Å². The van der Waals surface area contributed by atoms with Crippen LogP contribution in [-0.2, 0) is 12.7 Å². The van der Waals surface area contributed by atoms with Crippen molar-refractivity contribution in [1.29, 1.82) is 0 Å². The molecule has 1 aromatic heterocycles. The summed E-state index contributed by atoms with van der Waals surface area (Å²) >= 11 is 11.6. The molecule has 0 amide bonds. The summed E-state index contributed by atoms with van der Waals surface area (Å²) in [5, 5.41) is 3.38. The molecule has 1 aliphatic rings. The number of hydrogen-bond acceptors (Lipinski definition) is 2. The molecule has 2 aromatic rings.